The summed E-state index contributed by atoms with van der Waals surface area (Å²) in [6, 6.07) is 28.8. The summed E-state index contributed by atoms with van der Waals surface area (Å²) in [6.45, 7) is 0.260. The number of pyridine rings is 2. The number of nitrogens with one attached hydrogen (secondary N) is 1. The average Bonchev–Trinajstić information content (AvgIpc) is 2.88. The third-order valence-electron chi connectivity index (χ3n) is 5.44. The number of carbonyl (C=O) groups is 1. The lowest BCUT2D eigenvalue weighted by Gasteiger charge is -2.13. The number of hydrogen-bond acceptors (Lipinski definition) is 4. The molecule has 1 amide bonds. The monoisotopic (exact) mass is 481 g/mol. The molecular formula is C28H20ClN3O3. The van der Waals surface area contributed by atoms with E-state index in [1.165, 1.54) is 4.57 Å². The number of carbonyl (C=O) groups excluding carboxylic acids is 1. The van der Waals surface area contributed by atoms with Crippen molar-refractivity contribution in [2.24, 2.45) is 0 Å². The largest absolute Gasteiger partial charge is 0.457 e. The summed E-state index contributed by atoms with van der Waals surface area (Å²) in [7, 11) is 0. The van der Waals surface area contributed by atoms with Crippen LogP contribution in [0.15, 0.2) is 108 Å². The smallest absolute Gasteiger partial charge is 0.265 e. The number of anilines is 1. The molecule has 0 saturated heterocycles. The van der Waals surface area contributed by atoms with Crippen molar-refractivity contribution in [1.29, 1.82) is 0 Å². The van der Waals surface area contributed by atoms with Gasteiger partial charge in [0.2, 0.25) is 0 Å². The summed E-state index contributed by atoms with van der Waals surface area (Å²) in [4.78, 5) is 30.8. The second kappa shape index (κ2) is 9.83. The van der Waals surface area contributed by atoms with Crippen LogP contribution >= 0.6 is 11.6 Å². The Morgan fingerprint density at radius 1 is 0.886 bits per heavy atom. The number of fused-ring (bicyclic) bond motifs is 1. The van der Waals surface area contributed by atoms with Gasteiger partial charge in [-0.1, -0.05) is 41.9 Å². The van der Waals surface area contributed by atoms with Crippen molar-refractivity contribution in [1.82, 2.24) is 9.55 Å². The van der Waals surface area contributed by atoms with E-state index in [1.807, 2.05) is 48.5 Å². The van der Waals surface area contributed by atoms with E-state index in [4.69, 9.17) is 16.3 Å². The van der Waals surface area contributed by atoms with Crippen LogP contribution in [0.5, 0.6) is 11.5 Å². The third kappa shape index (κ3) is 5.08. The van der Waals surface area contributed by atoms with Gasteiger partial charge in [-0.15, -0.1) is 0 Å². The Balaban J connectivity index is 1.42. The molecular weight excluding hydrogens is 462 g/mol. The maximum absolute atomic E-state index is 13.4. The van der Waals surface area contributed by atoms with Gasteiger partial charge in [0.05, 0.1) is 6.54 Å². The second-order valence-corrected chi connectivity index (χ2v) is 8.32. The average molecular weight is 482 g/mol. The molecule has 1 N–H and O–H groups in total. The van der Waals surface area contributed by atoms with Crippen molar-refractivity contribution in [3.05, 3.63) is 130 Å². The lowest BCUT2D eigenvalue weighted by atomic mass is 10.1. The molecule has 0 fully saturated rings. The highest BCUT2D eigenvalue weighted by Gasteiger charge is 2.17. The molecule has 0 atom stereocenters. The first kappa shape index (κ1) is 22.4. The Morgan fingerprint density at radius 2 is 1.60 bits per heavy atom. The van der Waals surface area contributed by atoms with Crippen LogP contribution in [0.25, 0.3) is 11.0 Å². The van der Waals surface area contributed by atoms with Gasteiger partial charge in [0, 0.05) is 22.3 Å². The van der Waals surface area contributed by atoms with Crippen LogP contribution in [-0.4, -0.2) is 15.5 Å². The van der Waals surface area contributed by atoms with E-state index in [1.54, 1.807) is 54.7 Å². The zero-order valence-electron chi connectivity index (χ0n) is 18.5. The Kier molecular flexibility index (Phi) is 6.28. The molecule has 0 spiro atoms. The Bertz CT molecular complexity index is 1550. The van der Waals surface area contributed by atoms with Gasteiger partial charge in [-0.3, -0.25) is 14.2 Å². The van der Waals surface area contributed by atoms with Gasteiger partial charge in [0.25, 0.3) is 11.5 Å². The number of hydrogen-bond donors (Lipinski definition) is 1. The summed E-state index contributed by atoms with van der Waals surface area (Å²) >= 11 is 5.99. The second-order valence-electron chi connectivity index (χ2n) is 7.89. The lowest BCUT2D eigenvalue weighted by molar-refractivity contribution is 0.102. The van der Waals surface area contributed by atoms with Crippen molar-refractivity contribution in [3.8, 4) is 11.5 Å². The molecule has 2 aromatic heterocycles. The van der Waals surface area contributed by atoms with Crippen LogP contribution in [-0.2, 0) is 6.54 Å². The summed E-state index contributed by atoms with van der Waals surface area (Å²) < 4.78 is 7.29. The van der Waals surface area contributed by atoms with E-state index in [-0.39, 0.29) is 12.1 Å². The number of halogens is 1. The van der Waals surface area contributed by atoms with Crippen LogP contribution in [0.4, 0.5) is 5.69 Å². The molecule has 3 aromatic carbocycles. The highest BCUT2D eigenvalue weighted by Crippen LogP contribution is 2.23. The SMILES string of the molecule is O=C(Nc1ccc(Oc2ccccc2)cc1)c1cc2cccnc2n(Cc2ccc(Cl)cc2)c1=O. The van der Waals surface area contributed by atoms with Crippen molar-refractivity contribution >= 4 is 34.2 Å². The van der Waals surface area contributed by atoms with Gasteiger partial charge >= 0.3 is 0 Å². The first-order chi connectivity index (χ1) is 17.1. The van der Waals surface area contributed by atoms with Crippen LogP contribution in [0, 0.1) is 0 Å². The molecule has 5 rings (SSSR count). The molecule has 0 radical (unpaired) electrons. The van der Waals surface area contributed by atoms with Gasteiger partial charge in [-0.25, -0.2) is 4.98 Å². The molecule has 5 aromatic rings. The third-order valence-corrected chi connectivity index (χ3v) is 5.69. The lowest BCUT2D eigenvalue weighted by Crippen LogP contribution is -2.30. The highest BCUT2D eigenvalue weighted by molar-refractivity contribution is 6.30. The quantitative estimate of drug-likeness (QED) is 0.316. The predicted molar refractivity (Wildman–Crippen MR) is 137 cm³/mol. The molecule has 0 aliphatic heterocycles. The van der Waals surface area contributed by atoms with Gasteiger partial charge < -0.3 is 10.1 Å². The fourth-order valence-corrected chi connectivity index (χ4v) is 3.84. The molecule has 6 nitrogen and oxygen atoms in total. The summed E-state index contributed by atoms with van der Waals surface area (Å²) in [5.41, 5.74) is 1.53. The molecule has 35 heavy (non-hydrogen) atoms. The van der Waals surface area contributed by atoms with Gasteiger partial charge in [-0.2, -0.15) is 0 Å². The number of nitrogens with zero attached hydrogens (tertiary/aromatic N) is 2. The molecule has 0 unspecified atom stereocenters. The number of rotatable bonds is 6. The van der Waals surface area contributed by atoms with E-state index >= 15 is 0 Å². The zero-order valence-corrected chi connectivity index (χ0v) is 19.3. The first-order valence-electron chi connectivity index (χ1n) is 10.9. The van der Waals surface area contributed by atoms with E-state index in [0.29, 0.717) is 27.5 Å². The maximum Gasteiger partial charge on any atom is 0.265 e. The Labute approximate surface area is 206 Å². The van der Waals surface area contributed by atoms with Crippen LogP contribution in [0.3, 0.4) is 0 Å². The van der Waals surface area contributed by atoms with Crippen molar-refractivity contribution in [3.63, 3.8) is 0 Å². The molecule has 0 aliphatic rings. The molecule has 0 aliphatic carbocycles. The fourth-order valence-electron chi connectivity index (χ4n) is 3.72. The molecule has 0 saturated carbocycles. The van der Waals surface area contributed by atoms with Crippen molar-refractivity contribution in [2.45, 2.75) is 6.54 Å². The fraction of sp³-hybridized carbons (Fsp3) is 0.0357. The van der Waals surface area contributed by atoms with E-state index in [0.717, 1.165) is 11.3 Å². The van der Waals surface area contributed by atoms with Crippen molar-refractivity contribution < 1.29 is 9.53 Å². The van der Waals surface area contributed by atoms with Crippen LogP contribution in [0.1, 0.15) is 15.9 Å². The molecule has 2 heterocycles. The first-order valence-corrected chi connectivity index (χ1v) is 11.3. The van der Waals surface area contributed by atoms with Crippen molar-refractivity contribution in [2.75, 3.05) is 5.32 Å². The summed E-state index contributed by atoms with van der Waals surface area (Å²) in [5, 5.41) is 4.11. The Morgan fingerprint density at radius 3 is 2.34 bits per heavy atom. The Hall–Kier alpha value is -4.42. The minimum absolute atomic E-state index is 0.0316. The zero-order chi connectivity index (χ0) is 24.2. The number of benzene rings is 3. The van der Waals surface area contributed by atoms with Crippen LogP contribution < -0.4 is 15.6 Å². The topological polar surface area (TPSA) is 73.2 Å². The minimum Gasteiger partial charge on any atom is -0.457 e. The predicted octanol–water partition coefficient (Wildman–Crippen LogP) is 6.14. The normalized spacial score (nSPS) is 10.8. The van der Waals surface area contributed by atoms with E-state index in [9.17, 15) is 9.59 Å². The summed E-state index contributed by atoms with van der Waals surface area (Å²) in [6.07, 6.45) is 1.62. The number of aromatic nitrogens is 2. The van der Waals surface area contributed by atoms with Crippen LogP contribution in [0.2, 0.25) is 5.02 Å². The van der Waals surface area contributed by atoms with E-state index in [2.05, 4.69) is 10.3 Å². The summed E-state index contributed by atoms with van der Waals surface area (Å²) in [5.74, 6) is 0.855. The number of amides is 1. The number of ether oxygens (including phenoxy) is 1. The number of para-hydroxylation sites is 1. The van der Waals surface area contributed by atoms with E-state index < -0.39 is 11.5 Å². The molecule has 0 bridgehead atoms. The van der Waals surface area contributed by atoms with Gasteiger partial charge in [0.1, 0.15) is 22.7 Å². The highest BCUT2D eigenvalue weighted by atomic mass is 35.5. The minimum atomic E-state index is -0.498. The maximum atomic E-state index is 13.4. The standard InChI is InChI=1S/C28H20ClN3O3/c29-21-10-8-19(9-11-21)18-32-26-20(5-4-16-30-26)17-25(28(32)34)27(33)31-22-12-14-24(15-13-22)35-23-6-2-1-3-7-23/h1-17H,18H2,(H,31,33). The van der Waals surface area contributed by atoms with Gasteiger partial charge in [-0.05, 0) is 72.3 Å². The van der Waals surface area contributed by atoms with Gasteiger partial charge in [0.15, 0.2) is 0 Å². The molecule has 172 valence electrons. The molecule has 7 heteroatoms.